The summed E-state index contributed by atoms with van der Waals surface area (Å²) in [5.41, 5.74) is 28.6. The number of hydrogen-bond acceptors (Lipinski definition) is 12. The van der Waals surface area contributed by atoms with Crippen LogP contribution in [0.3, 0.4) is 0 Å². The van der Waals surface area contributed by atoms with Crippen molar-refractivity contribution < 1.29 is 8.83 Å². The van der Waals surface area contributed by atoms with Crippen molar-refractivity contribution in [2.45, 2.75) is 0 Å². The summed E-state index contributed by atoms with van der Waals surface area (Å²) in [6, 6.07) is 200. The van der Waals surface area contributed by atoms with E-state index in [4.69, 9.17) is 8.83 Å². The summed E-state index contributed by atoms with van der Waals surface area (Å²) in [5.74, 6) is 0. The fraction of sp³-hybridized carbons (Fsp3) is 0. The number of rotatable bonds is 20. The Kier molecular flexibility index (Phi) is 23.7. The van der Waals surface area contributed by atoms with Crippen LogP contribution in [0.1, 0.15) is 0 Å². The second kappa shape index (κ2) is 39.4. The van der Waals surface area contributed by atoms with Crippen LogP contribution in [0.2, 0.25) is 0 Å². The first-order valence-corrected chi connectivity index (χ1v) is 53.7. The molecule has 0 aliphatic carbocycles. The Balaban J connectivity index is 0.000000111. The predicted molar refractivity (Wildman–Crippen MR) is 644 cm³/mol. The molecule has 23 aromatic carbocycles. The highest BCUT2D eigenvalue weighted by Gasteiger charge is 2.26. The molecule has 0 atom stereocenters. The molecule has 6 heterocycles. The third-order valence-electron chi connectivity index (χ3n) is 28.3. The van der Waals surface area contributed by atoms with Crippen LogP contribution in [-0.2, 0) is 0 Å². The van der Waals surface area contributed by atoms with Gasteiger partial charge in [-0.3, -0.25) is 0 Å². The van der Waals surface area contributed by atoms with Crippen molar-refractivity contribution >= 4 is 272 Å². The summed E-state index contributed by atoms with van der Waals surface area (Å²) < 4.78 is 22.7. The predicted octanol–water partition coefficient (Wildman–Crippen LogP) is 42.5. The lowest BCUT2D eigenvalue weighted by Crippen LogP contribution is -2.10. The van der Waals surface area contributed by atoms with Crippen molar-refractivity contribution in [2.75, 3.05) is 29.4 Å². The zero-order valence-corrected chi connectivity index (χ0v) is 84.5. The second-order valence-electron chi connectivity index (χ2n) is 37.4. The van der Waals surface area contributed by atoms with E-state index in [-0.39, 0.29) is 0 Å². The van der Waals surface area contributed by atoms with E-state index in [9.17, 15) is 0 Å². The van der Waals surface area contributed by atoms with E-state index in [1.807, 2.05) is 69.6 Å². The number of benzene rings is 23. The van der Waals surface area contributed by atoms with E-state index in [0.29, 0.717) is 0 Å². The van der Waals surface area contributed by atoms with Crippen LogP contribution < -0.4 is 29.4 Å². The summed E-state index contributed by atoms with van der Waals surface area (Å²) in [6.45, 7) is 0. The van der Waals surface area contributed by atoms with E-state index in [1.165, 1.54) is 103 Å². The zero-order valence-electron chi connectivity index (χ0n) is 81.2. The Morgan fingerprint density at radius 1 is 0.107 bits per heavy atom. The Bertz CT molecular complexity index is 9880. The number of fused-ring (bicyclic) bond motifs is 18. The summed E-state index contributed by atoms with van der Waals surface area (Å²) in [7, 11) is 0. The van der Waals surface area contributed by atoms with Gasteiger partial charge in [-0.15, -0.1) is 45.3 Å². The maximum Gasteiger partial charge on any atom is 0.135 e. The molecule has 0 aliphatic heterocycles. The Morgan fingerprint density at radius 3 is 0.653 bits per heavy atom. The molecule has 0 spiro atoms. The minimum atomic E-state index is 0.888. The smallest absolute Gasteiger partial charge is 0.135 e. The van der Waals surface area contributed by atoms with Gasteiger partial charge in [0.1, 0.15) is 22.3 Å². The van der Waals surface area contributed by atoms with Gasteiger partial charge in [-0.2, -0.15) is 0 Å². The van der Waals surface area contributed by atoms with E-state index < -0.39 is 0 Å². The number of para-hydroxylation sites is 9. The van der Waals surface area contributed by atoms with Crippen LogP contribution in [-0.4, -0.2) is 0 Å². The minimum absolute atomic E-state index is 0.888. The molecule has 0 N–H and O–H groups in total. The number of hydrogen-bond donors (Lipinski definition) is 0. The molecule has 0 saturated heterocycles. The maximum absolute atomic E-state index is 6.23. The molecule has 29 rings (SSSR count). The number of anilines is 18. The molecule has 8 nitrogen and oxygen atoms in total. The Hall–Kier alpha value is -18.7. The standard InChI is InChI=1S/2C48H32N2OS.C42H28N2S2/c1-4-13-33(14-5-1)34-15-12-20-37(29-34)50(38-24-27-46-43(30-38)41-21-10-11-22-45(41)51-46)40-23-26-42-44-31-39(25-28-47(44)52-48(42)32-40)49(35-16-6-2-7-17-35)36-18-8-3-9-19-36;1-4-12-33(13-5-1)34-20-22-37(23-21-34)50(38-25-28-46-43(30-38)41-18-10-11-19-45(41)51-46)40-24-27-42-44-31-39(26-29-47(44)52-48(42)32-40)49(35-14-6-2-7-15-35)36-16-8-3-9-17-36;1-4-12-29(13-5-1)43(30-14-6-2-7-15-30)32-22-25-40-38(26-32)37-24-21-34(28-42(37)46-40)44(31-16-8-3-9-17-31)33-20-23-36-35-18-10-11-19-39(35)45-41(36)27-33/h2*1-32H;1-28H. The van der Waals surface area contributed by atoms with Gasteiger partial charge in [-0.05, 0) is 289 Å². The molecule has 29 aromatic rings. The fourth-order valence-corrected chi connectivity index (χ4v) is 25.8. The average Bonchev–Trinajstić information content (AvgIpc) is 1.61. The van der Waals surface area contributed by atoms with Gasteiger partial charge in [-0.1, -0.05) is 291 Å². The molecule has 0 aliphatic rings. The summed E-state index contributed by atoms with van der Waals surface area (Å²) in [6.07, 6.45) is 0. The highest BCUT2D eigenvalue weighted by Crippen LogP contribution is 2.52. The topological polar surface area (TPSA) is 45.7 Å². The third kappa shape index (κ3) is 17.3. The Labute approximate surface area is 883 Å². The molecule has 6 aromatic heterocycles. The first-order valence-electron chi connectivity index (χ1n) is 50.4. The van der Waals surface area contributed by atoms with E-state index in [2.05, 4.69) is 563 Å². The van der Waals surface area contributed by atoms with Crippen molar-refractivity contribution in [2.24, 2.45) is 0 Å². The molecule has 710 valence electrons. The van der Waals surface area contributed by atoms with Crippen molar-refractivity contribution in [3.05, 3.63) is 558 Å². The van der Waals surface area contributed by atoms with Crippen LogP contribution in [0.4, 0.5) is 102 Å². The number of nitrogens with zero attached hydrogens (tertiary/aromatic N) is 6. The van der Waals surface area contributed by atoms with Gasteiger partial charge in [-0.25, -0.2) is 0 Å². The van der Waals surface area contributed by atoms with Crippen molar-refractivity contribution in [3.8, 4) is 22.3 Å². The molecule has 0 radical (unpaired) electrons. The van der Waals surface area contributed by atoms with Gasteiger partial charge in [0, 0.05) is 205 Å². The molecule has 150 heavy (non-hydrogen) atoms. The van der Waals surface area contributed by atoms with E-state index >= 15 is 0 Å². The SMILES string of the molecule is c1ccc(-c2ccc(N(c3ccc4c(c3)sc3ccc(N(c5ccccc5)c5ccccc5)cc34)c3ccc4oc5ccccc5c4c3)cc2)cc1.c1ccc(-c2cccc(N(c3ccc4c(c3)sc3ccc(N(c5ccccc5)c5ccccc5)cc34)c3ccc4oc5ccccc5c4c3)c2)cc1.c1ccc(N(c2ccc3c(c2)sc2ccccc23)c2ccc3c(c2)sc2ccc(N(c4ccccc4)c4ccccc4)cc23)cc1. The quantitative estimate of drug-likeness (QED) is 0.0748. The van der Waals surface area contributed by atoms with Crippen molar-refractivity contribution in [1.82, 2.24) is 0 Å². The average molecular weight is 1990 g/mol. The van der Waals surface area contributed by atoms with Crippen LogP contribution in [0, 0.1) is 0 Å². The van der Waals surface area contributed by atoms with E-state index in [0.717, 1.165) is 146 Å². The lowest BCUT2D eigenvalue weighted by molar-refractivity contribution is 0.668. The van der Waals surface area contributed by atoms with Crippen LogP contribution in [0.25, 0.3) is 147 Å². The zero-order chi connectivity index (χ0) is 99.3. The van der Waals surface area contributed by atoms with Gasteiger partial charge in [0.25, 0.3) is 0 Å². The van der Waals surface area contributed by atoms with Gasteiger partial charge < -0.3 is 38.2 Å². The highest BCUT2D eigenvalue weighted by molar-refractivity contribution is 7.27. The molecule has 0 amide bonds. The third-order valence-corrected chi connectivity index (χ3v) is 32.8. The van der Waals surface area contributed by atoms with Gasteiger partial charge in [0.2, 0.25) is 0 Å². The first kappa shape index (κ1) is 90.1. The lowest BCUT2D eigenvalue weighted by Gasteiger charge is -2.26. The second-order valence-corrected chi connectivity index (χ2v) is 41.8. The molecular formula is C138H92N6O2S4. The van der Waals surface area contributed by atoms with Gasteiger partial charge >= 0.3 is 0 Å². The van der Waals surface area contributed by atoms with Gasteiger partial charge in [0.15, 0.2) is 0 Å². The molecule has 0 fully saturated rings. The largest absolute Gasteiger partial charge is 0.456 e. The van der Waals surface area contributed by atoms with Crippen molar-refractivity contribution in [3.63, 3.8) is 0 Å². The summed E-state index contributed by atoms with van der Waals surface area (Å²) >= 11 is 7.40. The summed E-state index contributed by atoms with van der Waals surface area (Å²) in [5, 5.41) is 14.7. The van der Waals surface area contributed by atoms with Crippen LogP contribution in [0.5, 0.6) is 0 Å². The molecule has 0 saturated carbocycles. The molecule has 12 heteroatoms. The number of thiophene rings is 4. The normalized spacial score (nSPS) is 11.5. The summed E-state index contributed by atoms with van der Waals surface area (Å²) in [4.78, 5) is 14.1. The highest BCUT2D eigenvalue weighted by atomic mass is 32.1. The molecular weight excluding hydrogens is 1900 g/mol. The van der Waals surface area contributed by atoms with Crippen LogP contribution >= 0.6 is 45.3 Å². The van der Waals surface area contributed by atoms with Gasteiger partial charge in [0.05, 0.1) is 0 Å². The van der Waals surface area contributed by atoms with E-state index in [1.54, 1.807) is 0 Å². The van der Waals surface area contributed by atoms with Crippen molar-refractivity contribution in [1.29, 1.82) is 0 Å². The molecule has 0 bridgehead atoms. The monoisotopic (exact) mass is 1990 g/mol. The lowest BCUT2D eigenvalue weighted by atomic mass is 10.0. The maximum atomic E-state index is 6.23. The Morgan fingerprint density at radius 2 is 0.307 bits per heavy atom. The van der Waals surface area contributed by atoms with Crippen LogP contribution in [0.15, 0.2) is 567 Å². The molecule has 0 unspecified atom stereocenters. The minimum Gasteiger partial charge on any atom is -0.456 e. The first-order chi connectivity index (χ1) is 74.3. The fourth-order valence-electron chi connectivity index (χ4n) is 21.3. The number of furan rings is 2.